The van der Waals surface area contributed by atoms with E-state index >= 15 is 0 Å². The average Bonchev–Trinajstić information content (AvgIpc) is 3.53. The quantitative estimate of drug-likeness (QED) is 0.203. The summed E-state index contributed by atoms with van der Waals surface area (Å²) in [5, 5.41) is 3.99. The second kappa shape index (κ2) is 11.5. The number of nitrogens with one attached hydrogen (secondary N) is 2. The highest BCUT2D eigenvalue weighted by molar-refractivity contribution is 8.00. The molecule has 0 radical (unpaired) electrons. The van der Waals surface area contributed by atoms with Crippen molar-refractivity contribution in [2.24, 2.45) is 5.92 Å². The van der Waals surface area contributed by atoms with Crippen LogP contribution in [0, 0.1) is 5.92 Å². The van der Waals surface area contributed by atoms with E-state index in [0.29, 0.717) is 31.8 Å². The van der Waals surface area contributed by atoms with Crippen molar-refractivity contribution in [3.05, 3.63) is 117 Å². The molecule has 0 spiro atoms. The third kappa shape index (κ3) is 5.24. The number of anilines is 2. The van der Waals surface area contributed by atoms with Crippen LogP contribution in [0.2, 0.25) is 0 Å². The van der Waals surface area contributed by atoms with Gasteiger partial charge in [0.05, 0.1) is 22.2 Å². The second-order valence-electron chi connectivity index (χ2n) is 10.7. The maximum atomic E-state index is 14.0. The third-order valence-electron chi connectivity index (χ3n) is 7.93. The van der Waals surface area contributed by atoms with E-state index in [0.717, 1.165) is 46.0 Å². The van der Waals surface area contributed by atoms with Gasteiger partial charge in [0.15, 0.2) is 6.61 Å². The van der Waals surface area contributed by atoms with E-state index in [1.54, 1.807) is 30.3 Å². The first-order valence-electron chi connectivity index (χ1n) is 14.0. The van der Waals surface area contributed by atoms with Crippen LogP contribution in [0.25, 0.3) is 10.8 Å². The van der Waals surface area contributed by atoms with Gasteiger partial charge >= 0.3 is 11.0 Å². The van der Waals surface area contributed by atoms with E-state index in [9.17, 15) is 32.3 Å². The lowest BCUT2D eigenvalue weighted by Gasteiger charge is -2.30. The van der Waals surface area contributed by atoms with Crippen LogP contribution in [-0.2, 0) is 20.6 Å². The van der Waals surface area contributed by atoms with E-state index in [1.807, 2.05) is 36.4 Å². The number of imide groups is 1. The summed E-state index contributed by atoms with van der Waals surface area (Å²) in [4.78, 5) is 56.3. The molecule has 7 rings (SSSR count). The number of thiazole rings is 1. The lowest BCUT2D eigenvalue weighted by atomic mass is 9.83. The lowest BCUT2D eigenvalue weighted by molar-refractivity contribution is -0.137. The second-order valence-corrected chi connectivity index (χ2v) is 12.9. The summed E-state index contributed by atoms with van der Waals surface area (Å²) in [5.74, 6) is -3.63. The molecule has 1 aromatic heterocycles. The van der Waals surface area contributed by atoms with E-state index in [-0.39, 0.29) is 11.5 Å². The van der Waals surface area contributed by atoms with Crippen LogP contribution in [0.3, 0.4) is 0 Å². The normalized spacial score (nSPS) is 19.2. The standard InChI is InChI=1S/C33H22F3N3O5S2/c34-33(35,36)21-12-3-4-14-23(21)39-30(41)26-25(27-29(38-32(43)46-27)45-28(26)31(39)42)18-9-5-10-19(15-18)44-16-24(40)37-22-13-6-8-17-7-1-2-11-20(17)22/h1-15,25-26,28H,16H2,(H,37,40)(H,38,43)/t25-,26?,28?/m1/s1. The van der Waals surface area contributed by atoms with Crippen LogP contribution < -0.4 is 19.8 Å². The molecule has 4 aromatic carbocycles. The molecule has 2 aliphatic heterocycles. The molecule has 0 bridgehead atoms. The van der Waals surface area contributed by atoms with Gasteiger partial charge in [-0.3, -0.25) is 19.2 Å². The molecule has 3 atom stereocenters. The van der Waals surface area contributed by atoms with Crippen molar-refractivity contribution >= 4 is 63.0 Å². The van der Waals surface area contributed by atoms with Gasteiger partial charge in [-0.1, -0.05) is 83.8 Å². The molecule has 46 heavy (non-hydrogen) atoms. The summed E-state index contributed by atoms with van der Waals surface area (Å²) in [6, 6.07) is 24.2. The number of fused-ring (bicyclic) bond motifs is 3. The van der Waals surface area contributed by atoms with E-state index < -0.39 is 52.2 Å². The van der Waals surface area contributed by atoms with Crippen LogP contribution >= 0.6 is 23.1 Å². The molecule has 0 saturated carbocycles. The van der Waals surface area contributed by atoms with Crippen LogP contribution in [0.15, 0.2) is 101 Å². The van der Waals surface area contributed by atoms with Crippen molar-refractivity contribution in [2.75, 3.05) is 16.8 Å². The Morgan fingerprint density at radius 3 is 2.48 bits per heavy atom. The number of rotatable bonds is 6. The SMILES string of the molecule is O=C(COc1cccc([C@H]2c3sc(=O)[nH]c3SC3C(=O)N(c4ccccc4C(F)(F)F)C(=O)C32)c1)Nc1cccc2ccccc12. The van der Waals surface area contributed by atoms with Gasteiger partial charge in [-0.05, 0) is 41.3 Å². The molecular weight excluding hydrogens is 640 g/mol. The van der Waals surface area contributed by atoms with Crippen LogP contribution in [0.4, 0.5) is 24.5 Å². The topological polar surface area (TPSA) is 109 Å². The summed E-state index contributed by atoms with van der Waals surface area (Å²) in [7, 11) is 0. The fourth-order valence-corrected chi connectivity index (χ4v) is 8.50. The summed E-state index contributed by atoms with van der Waals surface area (Å²) in [6.45, 7) is -0.332. The molecule has 232 valence electrons. The molecule has 2 unspecified atom stereocenters. The molecule has 8 nitrogen and oxygen atoms in total. The minimum Gasteiger partial charge on any atom is -0.484 e. The molecule has 13 heteroatoms. The molecule has 5 aromatic rings. The van der Waals surface area contributed by atoms with Gasteiger partial charge in [-0.25, -0.2) is 4.90 Å². The number of carbonyl (C=O) groups excluding carboxylic acids is 3. The van der Waals surface area contributed by atoms with Crippen molar-refractivity contribution < 1.29 is 32.3 Å². The lowest BCUT2D eigenvalue weighted by Crippen LogP contribution is -2.33. The van der Waals surface area contributed by atoms with Gasteiger partial charge in [0.25, 0.3) is 5.91 Å². The number of aromatic amines is 1. The van der Waals surface area contributed by atoms with Crippen molar-refractivity contribution in [3.8, 4) is 5.75 Å². The van der Waals surface area contributed by atoms with Gasteiger partial charge in [-0.2, -0.15) is 13.2 Å². The number of alkyl halides is 3. The minimum atomic E-state index is -4.80. The summed E-state index contributed by atoms with van der Waals surface area (Å²) >= 11 is 1.84. The summed E-state index contributed by atoms with van der Waals surface area (Å²) in [6.07, 6.45) is -4.80. The monoisotopic (exact) mass is 661 g/mol. The maximum Gasteiger partial charge on any atom is 0.418 e. The zero-order valence-electron chi connectivity index (χ0n) is 23.5. The molecule has 1 fully saturated rings. The number of ether oxygens (including phenoxy) is 1. The Morgan fingerprint density at radius 2 is 1.65 bits per heavy atom. The highest BCUT2D eigenvalue weighted by Crippen LogP contribution is 2.54. The number of benzene rings is 4. The average molecular weight is 662 g/mol. The largest absolute Gasteiger partial charge is 0.484 e. The van der Waals surface area contributed by atoms with Crippen molar-refractivity contribution in [3.63, 3.8) is 0 Å². The Balaban J connectivity index is 1.18. The molecule has 1 saturated heterocycles. The predicted molar refractivity (Wildman–Crippen MR) is 168 cm³/mol. The molecule has 3 heterocycles. The predicted octanol–water partition coefficient (Wildman–Crippen LogP) is 6.42. The van der Waals surface area contributed by atoms with Crippen molar-refractivity contribution in [2.45, 2.75) is 22.4 Å². The van der Waals surface area contributed by atoms with E-state index in [1.165, 1.54) is 12.1 Å². The number of H-pyrrole nitrogens is 1. The molecular formula is C33H22F3N3O5S2. The first-order chi connectivity index (χ1) is 22.1. The number of para-hydroxylation sites is 1. The highest BCUT2D eigenvalue weighted by Gasteiger charge is 2.57. The first-order valence-corrected chi connectivity index (χ1v) is 15.7. The Hall–Kier alpha value is -4.88. The van der Waals surface area contributed by atoms with Crippen LogP contribution in [0.1, 0.15) is 21.9 Å². The van der Waals surface area contributed by atoms with Gasteiger partial charge in [0, 0.05) is 21.9 Å². The smallest absolute Gasteiger partial charge is 0.418 e. The number of hydrogen-bond acceptors (Lipinski definition) is 7. The van der Waals surface area contributed by atoms with Gasteiger partial charge < -0.3 is 15.0 Å². The number of nitrogens with zero attached hydrogens (tertiary/aromatic N) is 1. The Labute approximate surface area is 267 Å². The number of amides is 3. The molecule has 0 aliphatic carbocycles. The Kier molecular flexibility index (Phi) is 7.44. The number of halogens is 3. The molecule has 3 amide bonds. The number of thioether (sulfide) groups is 1. The molecule has 2 aliphatic rings. The maximum absolute atomic E-state index is 14.0. The fraction of sp³-hybridized carbons (Fsp3) is 0.152. The minimum absolute atomic E-state index is 0.292. The number of carbonyl (C=O) groups is 3. The van der Waals surface area contributed by atoms with Gasteiger partial charge in [0.1, 0.15) is 11.0 Å². The van der Waals surface area contributed by atoms with E-state index in [2.05, 4.69) is 10.3 Å². The first kappa shape index (κ1) is 29.8. The zero-order valence-corrected chi connectivity index (χ0v) is 25.2. The van der Waals surface area contributed by atoms with Crippen LogP contribution in [-0.4, -0.2) is 34.6 Å². The van der Waals surface area contributed by atoms with Gasteiger partial charge in [-0.15, -0.1) is 0 Å². The van der Waals surface area contributed by atoms with Crippen molar-refractivity contribution in [1.82, 2.24) is 4.98 Å². The fourth-order valence-electron chi connectivity index (χ4n) is 5.99. The van der Waals surface area contributed by atoms with Crippen molar-refractivity contribution in [1.29, 1.82) is 0 Å². The highest BCUT2D eigenvalue weighted by atomic mass is 32.2. The Morgan fingerprint density at radius 1 is 0.913 bits per heavy atom. The van der Waals surface area contributed by atoms with Crippen LogP contribution in [0.5, 0.6) is 5.75 Å². The third-order valence-corrected chi connectivity index (χ3v) is 10.3. The number of aromatic nitrogens is 1. The molecule has 2 N–H and O–H groups in total. The number of hydrogen-bond donors (Lipinski definition) is 2. The summed E-state index contributed by atoms with van der Waals surface area (Å²) < 4.78 is 47.5. The van der Waals surface area contributed by atoms with E-state index in [4.69, 9.17) is 4.74 Å². The zero-order chi connectivity index (χ0) is 32.2. The van der Waals surface area contributed by atoms with Gasteiger partial charge in [0.2, 0.25) is 11.8 Å². The Bertz CT molecular complexity index is 2090. The summed E-state index contributed by atoms with van der Waals surface area (Å²) in [5.41, 5.74) is -0.504.